The largest absolute Gasteiger partial charge is 0.493 e. The van der Waals surface area contributed by atoms with Crippen LogP contribution >= 0.6 is 11.6 Å². The minimum Gasteiger partial charge on any atom is -0.493 e. The van der Waals surface area contributed by atoms with Crippen LogP contribution in [-0.4, -0.2) is 31.2 Å². The van der Waals surface area contributed by atoms with E-state index in [1.807, 2.05) is 13.8 Å². The summed E-state index contributed by atoms with van der Waals surface area (Å²) in [6.07, 6.45) is -1.26. The molecule has 0 aromatic heterocycles. The van der Waals surface area contributed by atoms with Gasteiger partial charge in [-0.05, 0) is 51.1 Å². The number of carbonyl (C=O) groups excluding carboxylic acids is 2. The van der Waals surface area contributed by atoms with Crippen molar-refractivity contribution in [1.29, 1.82) is 0 Å². The van der Waals surface area contributed by atoms with Gasteiger partial charge in [0.15, 0.2) is 17.6 Å². The van der Waals surface area contributed by atoms with Gasteiger partial charge in [0.2, 0.25) is 0 Å². The van der Waals surface area contributed by atoms with Crippen LogP contribution in [0.25, 0.3) is 0 Å². The molecule has 0 spiro atoms. The zero-order chi connectivity index (χ0) is 20.8. The van der Waals surface area contributed by atoms with Crippen LogP contribution in [0, 0.1) is 5.82 Å². The predicted octanol–water partition coefficient (Wildman–Crippen LogP) is 4.46. The number of nitrogens with one attached hydrogen (secondary N) is 1. The normalized spacial score (nSPS) is 11.7. The average Bonchev–Trinajstić information content (AvgIpc) is 2.62. The van der Waals surface area contributed by atoms with Crippen LogP contribution < -0.4 is 14.8 Å². The first-order valence-corrected chi connectivity index (χ1v) is 8.90. The van der Waals surface area contributed by atoms with E-state index in [1.54, 1.807) is 0 Å². The van der Waals surface area contributed by atoms with E-state index in [0.717, 1.165) is 6.07 Å². The molecule has 150 valence electrons. The quantitative estimate of drug-likeness (QED) is 0.683. The highest BCUT2D eigenvalue weighted by Crippen LogP contribution is 2.37. The summed E-state index contributed by atoms with van der Waals surface area (Å²) >= 11 is 6.20. The maximum atomic E-state index is 13.2. The van der Waals surface area contributed by atoms with E-state index in [1.165, 1.54) is 44.4 Å². The minimum absolute atomic E-state index is 0.100. The predicted molar refractivity (Wildman–Crippen MR) is 104 cm³/mol. The van der Waals surface area contributed by atoms with Gasteiger partial charge in [-0.15, -0.1) is 0 Å². The van der Waals surface area contributed by atoms with Crippen molar-refractivity contribution in [3.8, 4) is 11.5 Å². The number of hydrogen-bond donors (Lipinski definition) is 1. The van der Waals surface area contributed by atoms with E-state index in [9.17, 15) is 14.0 Å². The Kier molecular flexibility index (Phi) is 7.23. The molecule has 0 aliphatic rings. The number of hydrogen-bond acceptors (Lipinski definition) is 5. The molecule has 0 aliphatic heterocycles. The van der Waals surface area contributed by atoms with Crippen LogP contribution in [0.15, 0.2) is 36.4 Å². The lowest BCUT2D eigenvalue weighted by molar-refractivity contribution is -0.123. The van der Waals surface area contributed by atoms with Crippen LogP contribution in [0.5, 0.6) is 11.5 Å². The number of ether oxygens (including phenoxy) is 3. The molecular formula is C20H21ClFNO5. The summed E-state index contributed by atoms with van der Waals surface area (Å²) in [5.41, 5.74) is 0.358. The first kappa shape index (κ1) is 21.5. The highest BCUT2D eigenvalue weighted by molar-refractivity contribution is 6.32. The molecule has 0 radical (unpaired) electrons. The van der Waals surface area contributed by atoms with Gasteiger partial charge in [0.25, 0.3) is 5.91 Å². The zero-order valence-corrected chi connectivity index (χ0v) is 16.7. The molecule has 1 amide bonds. The van der Waals surface area contributed by atoms with Gasteiger partial charge in [0.05, 0.1) is 23.8 Å². The molecule has 0 saturated carbocycles. The van der Waals surface area contributed by atoms with E-state index >= 15 is 0 Å². The van der Waals surface area contributed by atoms with Gasteiger partial charge >= 0.3 is 5.97 Å². The lowest BCUT2D eigenvalue weighted by Gasteiger charge is -2.17. The van der Waals surface area contributed by atoms with Crippen molar-refractivity contribution < 1.29 is 28.2 Å². The van der Waals surface area contributed by atoms with Crippen LogP contribution in [0.4, 0.5) is 10.1 Å². The van der Waals surface area contributed by atoms with Crippen molar-refractivity contribution in [3.05, 3.63) is 52.8 Å². The van der Waals surface area contributed by atoms with Gasteiger partial charge in [0, 0.05) is 5.69 Å². The van der Waals surface area contributed by atoms with Crippen LogP contribution in [0.2, 0.25) is 5.02 Å². The lowest BCUT2D eigenvalue weighted by Crippen LogP contribution is -2.30. The second kappa shape index (κ2) is 9.41. The summed E-state index contributed by atoms with van der Waals surface area (Å²) in [6.45, 7) is 5.06. The summed E-state index contributed by atoms with van der Waals surface area (Å²) in [5.74, 6) is -1.28. The number of methoxy groups -OCH3 is 1. The molecule has 1 N–H and O–H groups in total. The van der Waals surface area contributed by atoms with E-state index in [4.69, 9.17) is 25.8 Å². The van der Waals surface area contributed by atoms with E-state index < -0.39 is 23.8 Å². The second-order valence-corrected chi connectivity index (χ2v) is 6.61. The molecule has 1 atom stereocenters. The Morgan fingerprint density at radius 2 is 1.86 bits per heavy atom. The number of benzene rings is 2. The number of amides is 1. The second-order valence-electron chi connectivity index (χ2n) is 6.20. The fourth-order valence-electron chi connectivity index (χ4n) is 2.28. The molecule has 28 heavy (non-hydrogen) atoms. The Morgan fingerprint density at radius 3 is 2.46 bits per heavy atom. The number of esters is 1. The molecule has 2 aromatic rings. The Balaban J connectivity index is 2.11. The molecule has 0 unspecified atom stereocenters. The number of carbonyl (C=O) groups is 2. The topological polar surface area (TPSA) is 73.9 Å². The van der Waals surface area contributed by atoms with Crippen molar-refractivity contribution in [3.63, 3.8) is 0 Å². The Morgan fingerprint density at radius 1 is 1.14 bits per heavy atom. The smallest absolute Gasteiger partial charge is 0.339 e. The summed E-state index contributed by atoms with van der Waals surface area (Å²) in [6, 6.07) is 8.18. The van der Waals surface area contributed by atoms with Crippen molar-refractivity contribution in [2.75, 3.05) is 12.4 Å². The third-order valence-corrected chi connectivity index (χ3v) is 3.84. The van der Waals surface area contributed by atoms with Gasteiger partial charge in [0.1, 0.15) is 5.82 Å². The molecule has 2 rings (SSSR count). The fourth-order valence-corrected chi connectivity index (χ4v) is 2.54. The number of rotatable bonds is 7. The number of halogens is 2. The molecule has 0 bridgehead atoms. The monoisotopic (exact) mass is 409 g/mol. The highest BCUT2D eigenvalue weighted by atomic mass is 35.5. The standard InChI is InChI=1S/C20H21ClFNO5/c1-11(2)27-18-16(21)8-13(9-17(18)26-4)20(25)28-12(3)19(24)23-15-7-5-6-14(22)10-15/h5-12H,1-4H3,(H,23,24)/t12-/m0/s1. The molecule has 0 fully saturated rings. The van der Waals surface area contributed by atoms with E-state index in [-0.39, 0.29) is 28.1 Å². The SMILES string of the molecule is COc1cc(C(=O)O[C@@H](C)C(=O)Nc2cccc(F)c2)cc(Cl)c1OC(C)C. The van der Waals surface area contributed by atoms with Crippen molar-refractivity contribution in [2.45, 2.75) is 33.0 Å². The highest BCUT2D eigenvalue weighted by Gasteiger charge is 2.22. The molecule has 2 aromatic carbocycles. The van der Waals surface area contributed by atoms with Gasteiger partial charge < -0.3 is 19.5 Å². The van der Waals surface area contributed by atoms with Gasteiger partial charge in [-0.2, -0.15) is 0 Å². The first-order chi connectivity index (χ1) is 13.2. The molecule has 6 nitrogen and oxygen atoms in total. The molecule has 0 saturated heterocycles. The van der Waals surface area contributed by atoms with Gasteiger partial charge in [-0.1, -0.05) is 17.7 Å². The van der Waals surface area contributed by atoms with E-state index in [0.29, 0.717) is 5.75 Å². The van der Waals surface area contributed by atoms with Crippen LogP contribution in [0.1, 0.15) is 31.1 Å². The summed E-state index contributed by atoms with van der Waals surface area (Å²) in [5, 5.41) is 2.65. The molecule has 0 aliphatic carbocycles. The fraction of sp³-hybridized carbons (Fsp3) is 0.300. The summed E-state index contributed by atoms with van der Waals surface area (Å²) in [7, 11) is 1.42. The van der Waals surface area contributed by atoms with E-state index in [2.05, 4.69) is 5.32 Å². The molecular weight excluding hydrogens is 389 g/mol. The number of anilines is 1. The lowest BCUT2D eigenvalue weighted by atomic mass is 10.2. The average molecular weight is 410 g/mol. The maximum absolute atomic E-state index is 13.2. The van der Waals surface area contributed by atoms with Crippen LogP contribution in [-0.2, 0) is 9.53 Å². The maximum Gasteiger partial charge on any atom is 0.339 e. The van der Waals surface area contributed by atoms with Gasteiger partial charge in [-0.3, -0.25) is 4.79 Å². The third-order valence-electron chi connectivity index (χ3n) is 3.56. The van der Waals surface area contributed by atoms with Crippen LogP contribution in [0.3, 0.4) is 0 Å². The van der Waals surface area contributed by atoms with Crippen molar-refractivity contribution in [2.24, 2.45) is 0 Å². The summed E-state index contributed by atoms with van der Waals surface area (Å²) in [4.78, 5) is 24.6. The Labute approximate surface area is 167 Å². The zero-order valence-electron chi connectivity index (χ0n) is 15.9. The van der Waals surface area contributed by atoms with Crippen molar-refractivity contribution in [1.82, 2.24) is 0 Å². The minimum atomic E-state index is -1.12. The summed E-state index contributed by atoms with van der Waals surface area (Å²) < 4.78 is 29.2. The van der Waals surface area contributed by atoms with Crippen molar-refractivity contribution >= 4 is 29.2 Å². The Bertz CT molecular complexity index is 872. The third kappa shape index (κ3) is 5.60. The first-order valence-electron chi connectivity index (χ1n) is 8.53. The molecule has 8 heteroatoms. The Hall–Kier alpha value is -2.80. The molecule has 0 heterocycles. The van der Waals surface area contributed by atoms with Gasteiger partial charge in [-0.25, -0.2) is 9.18 Å².